The molecule has 2 nitrogen and oxygen atoms in total. The molecule has 0 aromatic carbocycles. The summed E-state index contributed by atoms with van der Waals surface area (Å²) in [6.07, 6.45) is 6.93. The Morgan fingerprint density at radius 3 is 2.60 bits per heavy atom. The summed E-state index contributed by atoms with van der Waals surface area (Å²) in [6, 6.07) is 0. The average molecular weight is 230 g/mol. The van der Waals surface area contributed by atoms with Gasteiger partial charge in [0.2, 0.25) is 5.91 Å². The minimum Gasteiger partial charge on any atom is -0.354 e. The van der Waals surface area contributed by atoms with Crippen molar-refractivity contribution in [3.05, 3.63) is 0 Å². The standard InChI is InChI=1S/C12H20ClNO/c1-12(6-2-3-7-12)11(15)14-8-10(13)9-4-5-9/h9-10H,2-8H2,1H3,(H,14,15). The summed E-state index contributed by atoms with van der Waals surface area (Å²) in [6.45, 7) is 2.73. The van der Waals surface area contributed by atoms with Crippen LogP contribution >= 0.6 is 11.6 Å². The predicted molar refractivity (Wildman–Crippen MR) is 61.9 cm³/mol. The van der Waals surface area contributed by atoms with Crippen LogP contribution in [0.25, 0.3) is 0 Å². The van der Waals surface area contributed by atoms with Gasteiger partial charge in [-0.3, -0.25) is 4.79 Å². The molecular weight excluding hydrogens is 210 g/mol. The SMILES string of the molecule is CC1(C(=O)NCC(Cl)C2CC2)CCCC1. The molecule has 2 saturated carbocycles. The highest BCUT2D eigenvalue weighted by Gasteiger charge is 2.37. The van der Waals surface area contributed by atoms with Gasteiger partial charge in [0.1, 0.15) is 0 Å². The molecule has 0 aliphatic heterocycles. The zero-order valence-electron chi connectivity index (χ0n) is 9.39. The Kier molecular flexibility index (Phi) is 3.24. The Hall–Kier alpha value is -0.240. The minimum atomic E-state index is -0.111. The fraction of sp³-hybridized carbons (Fsp3) is 0.917. The van der Waals surface area contributed by atoms with E-state index in [9.17, 15) is 4.79 Å². The molecule has 0 saturated heterocycles. The Labute approximate surface area is 96.8 Å². The highest BCUT2D eigenvalue weighted by atomic mass is 35.5. The van der Waals surface area contributed by atoms with Crippen molar-refractivity contribution in [2.75, 3.05) is 6.54 Å². The molecule has 15 heavy (non-hydrogen) atoms. The van der Waals surface area contributed by atoms with E-state index < -0.39 is 0 Å². The molecule has 0 heterocycles. The van der Waals surface area contributed by atoms with E-state index >= 15 is 0 Å². The number of hydrogen-bond donors (Lipinski definition) is 1. The lowest BCUT2D eigenvalue weighted by Gasteiger charge is -2.23. The van der Waals surface area contributed by atoms with Gasteiger partial charge in [0, 0.05) is 12.0 Å². The molecule has 0 aromatic heterocycles. The molecule has 0 spiro atoms. The van der Waals surface area contributed by atoms with E-state index in [-0.39, 0.29) is 16.7 Å². The van der Waals surface area contributed by atoms with Crippen LogP contribution in [0, 0.1) is 11.3 Å². The van der Waals surface area contributed by atoms with Crippen molar-refractivity contribution in [2.45, 2.75) is 50.8 Å². The van der Waals surface area contributed by atoms with E-state index in [1.807, 2.05) is 0 Å². The molecule has 1 unspecified atom stereocenters. The Morgan fingerprint density at radius 1 is 1.47 bits per heavy atom. The predicted octanol–water partition coefficient (Wildman–Crippen LogP) is 2.70. The third-order valence-corrected chi connectivity index (χ3v) is 4.36. The summed E-state index contributed by atoms with van der Waals surface area (Å²) >= 11 is 6.16. The summed E-state index contributed by atoms with van der Waals surface area (Å²) < 4.78 is 0. The third-order valence-electron chi connectivity index (χ3n) is 3.85. The molecule has 1 atom stereocenters. The topological polar surface area (TPSA) is 29.1 Å². The number of amides is 1. The van der Waals surface area contributed by atoms with E-state index in [4.69, 9.17) is 11.6 Å². The summed E-state index contributed by atoms with van der Waals surface area (Å²) in [5, 5.41) is 3.17. The van der Waals surface area contributed by atoms with Crippen molar-refractivity contribution in [1.29, 1.82) is 0 Å². The lowest BCUT2D eigenvalue weighted by molar-refractivity contribution is -0.129. The Balaban J connectivity index is 1.75. The van der Waals surface area contributed by atoms with E-state index in [0.29, 0.717) is 12.5 Å². The van der Waals surface area contributed by atoms with Crippen LogP contribution in [0.15, 0.2) is 0 Å². The maximum Gasteiger partial charge on any atom is 0.225 e. The third kappa shape index (κ3) is 2.66. The lowest BCUT2D eigenvalue weighted by Crippen LogP contribution is -2.40. The molecule has 2 fully saturated rings. The van der Waals surface area contributed by atoms with Crippen LogP contribution in [-0.2, 0) is 4.79 Å². The first-order valence-corrected chi connectivity index (χ1v) is 6.48. The van der Waals surface area contributed by atoms with Gasteiger partial charge in [-0.2, -0.15) is 0 Å². The molecule has 3 heteroatoms. The van der Waals surface area contributed by atoms with Crippen molar-refractivity contribution in [3.8, 4) is 0 Å². The van der Waals surface area contributed by atoms with Gasteiger partial charge in [-0.15, -0.1) is 11.6 Å². The number of rotatable bonds is 4. The quantitative estimate of drug-likeness (QED) is 0.738. The smallest absolute Gasteiger partial charge is 0.225 e. The second-order valence-electron chi connectivity index (χ2n) is 5.33. The van der Waals surface area contributed by atoms with Crippen LogP contribution in [-0.4, -0.2) is 17.8 Å². The van der Waals surface area contributed by atoms with Crippen molar-refractivity contribution in [3.63, 3.8) is 0 Å². The highest BCUT2D eigenvalue weighted by Crippen LogP contribution is 2.38. The van der Waals surface area contributed by atoms with Gasteiger partial charge < -0.3 is 5.32 Å². The monoisotopic (exact) mass is 229 g/mol. The zero-order chi connectivity index (χ0) is 10.9. The van der Waals surface area contributed by atoms with E-state index in [1.54, 1.807) is 0 Å². The Morgan fingerprint density at radius 2 is 2.07 bits per heavy atom. The fourth-order valence-corrected chi connectivity index (χ4v) is 2.74. The number of carbonyl (C=O) groups is 1. The molecular formula is C12H20ClNO. The van der Waals surface area contributed by atoms with Crippen LogP contribution < -0.4 is 5.32 Å². The van der Waals surface area contributed by atoms with Gasteiger partial charge in [-0.05, 0) is 31.6 Å². The van der Waals surface area contributed by atoms with Crippen molar-refractivity contribution in [2.24, 2.45) is 11.3 Å². The Bertz CT molecular complexity index is 244. The summed E-state index contributed by atoms with van der Waals surface area (Å²) in [5.41, 5.74) is -0.111. The summed E-state index contributed by atoms with van der Waals surface area (Å²) in [5.74, 6) is 0.870. The first-order valence-electron chi connectivity index (χ1n) is 6.04. The molecule has 2 rings (SSSR count). The van der Waals surface area contributed by atoms with Gasteiger partial charge in [0.25, 0.3) is 0 Å². The number of halogens is 1. The molecule has 1 N–H and O–H groups in total. The van der Waals surface area contributed by atoms with Crippen molar-refractivity contribution >= 4 is 17.5 Å². The van der Waals surface area contributed by atoms with Crippen LogP contribution in [0.2, 0.25) is 0 Å². The fourth-order valence-electron chi connectivity index (χ4n) is 2.41. The van der Waals surface area contributed by atoms with E-state index in [1.165, 1.54) is 25.7 Å². The summed E-state index contributed by atoms with van der Waals surface area (Å²) in [7, 11) is 0. The average Bonchev–Trinajstić information content (AvgIpc) is 2.98. The van der Waals surface area contributed by atoms with Gasteiger partial charge in [0.05, 0.1) is 5.38 Å². The largest absolute Gasteiger partial charge is 0.354 e. The molecule has 0 aromatic rings. The van der Waals surface area contributed by atoms with E-state index in [0.717, 1.165) is 12.8 Å². The zero-order valence-corrected chi connectivity index (χ0v) is 10.1. The molecule has 1 amide bonds. The van der Waals surface area contributed by atoms with Gasteiger partial charge >= 0.3 is 0 Å². The highest BCUT2D eigenvalue weighted by molar-refractivity contribution is 6.21. The van der Waals surface area contributed by atoms with Crippen molar-refractivity contribution in [1.82, 2.24) is 5.32 Å². The van der Waals surface area contributed by atoms with E-state index in [2.05, 4.69) is 12.2 Å². The maximum absolute atomic E-state index is 11.9. The van der Waals surface area contributed by atoms with Gasteiger partial charge in [-0.25, -0.2) is 0 Å². The number of hydrogen-bond acceptors (Lipinski definition) is 1. The van der Waals surface area contributed by atoms with Crippen LogP contribution in [0.3, 0.4) is 0 Å². The molecule has 0 radical (unpaired) electrons. The molecule has 0 bridgehead atoms. The number of nitrogens with one attached hydrogen (secondary N) is 1. The van der Waals surface area contributed by atoms with Crippen LogP contribution in [0.5, 0.6) is 0 Å². The lowest BCUT2D eigenvalue weighted by atomic mass is 9.88. The second kappa shape index (κ2) is 4.32. The molecule has 86 valence electrons. The van der Waals surface area contributed by atoms with Gasteiger partial charge in [0.15, 0.2) is 0 Å². The first kappa shape index (κ1) is 11.3. The first-order chi connectivity index (χ1) is 7.12. The molecule has 2 aliphatic rings. The molecule has 2 aliphatic carbocycles. The van der Waals surface area contributed by atoms with Crippen molar-refractivity contribution < 1.29 is 4.79 Å². The number of alkyl halides is 1. The summed E-state index contributed by atoms with van der Waals surface area (Å²) in [4.78, 5) is 11.9. The minimum absolute atomic E-state index is 0.111. The van der Waals surface area contributed by atoms with Crippen LogP contribution in [0.4, 0.5) is 0 Å². The second-order valence-corrected chi connectivity index (χ2v) is 5.89. The van der Waals surface area contributed by atoms with Gasteiger partial charge in [-0.1, -0.05) is 19.8 Å². The maximum atomic E-state index is 11.9. The normalized spacial score (nSPS) is 26.3. The van der Waals surface area contributed by atoms with Crippen LogP contribution in [0.1, 0.15) is 45.4 Å². The number of carbonyl (C=O) groups excluding carboxylic acids is 1.